The van der Waals surface area contributed by atoms with Crippen molar-refractivity contribution in [2.45, 2.75) is 43.4 Å². The fourth-order valence-electron chi connectivity index (χ4n) is 4.57. The maximum atomic E-state index is 13.1. The number of sulfonamides is 1. The zero-order chi connectivity index (χ0) is 24.1. The summed E-state index contributed by atoms with van der Waals surface area (Å²) in [4.78, 5) is 29.5. The van der Waals surface area contributed by atoms with Crippen LogP contribution in [0.1, 0.15) is 48.9 Å². The Labute approximate surface area is 200 Å². The minimum absolute atomic E-state index is 0.0228. The number of nitrogens with one attached hydrogen (secondary N) is 1. The Morgan fingerprint density at radius 3 is 1.97 bits per heavy atom. The molecule has 34 heavy (non-hydrogen) atoms. The topological polar surface area (TPSA) is 86.8 Å². The Bertz CT molecular complexity index is 1100. The molecule has 1 N–H and O–H groups in total. The summed E-state index contributed by atoms with van der Waals surface area (Å²) in [6.07, 6.45) is 5.83. The number of carbonyl (C=O) groups is 2. The fraction of sp³-hybridized carbons (Fsp3) is 0.440. The molecule has 0 aromatic heterocycles. The molecule has 2 aromatic carbocycles. The molecular formula is C25H30FN3O4S. The van der Waals surface area contributed by atoms with Gasteiger partial charge in [-0.3, -0.25) is 14.3 Å². The van der Waals surface area contributed by atoms with Gasteiger partial charge in [0.15, 0.2) is 0 Å². The van der Waals surface area contributed by atoms with Crippen molar-refractivity contribution in [2.75, 3.05) is 30.9 Å². The molecule has 2 amide bonds. The number of hydrogen-bond donors (Lipinski definition) is 1. The average molecular weight is 488 g/mol. The lowest BCUT2D eigenvalue weighted by Crippen LogP contribution is -2.44. The normalized spacial score (nSPS) is 17.8. The van der Waals surface area contributed by atoms with Crippen LogP contribution in [0.15, 0.2) is 53.4 Å². The van der Waals surface area contributed by atoms with Gasteiger partial charge in [-0.05, 0) is 74.2 Å². The predicted octanol–water partition coefficient (Wildman–Crippen LogP) is 3.88. The molecule has 4 rings (SSSR count). The van der Waals surface area contributed by atoms with Crippen molar-refractivity contribution in [3.05, 3.63) is 59.9 Å². The number of nitrogens with zero attached hydrogens (tertiary/aromatic N) is 2. The number of benzene rings is 2. The van der Waals surface area contributed by atoms with Crippen molar-refractivity contribution >= 4 is 27.5 Å². The van der Waals surface area contributed by atoms with Gasteiger partial charge in [-0.25, -0.2) is 12.8 Å². The maximum absolute atomic E-state index is 13.1. The van der Waals surface area contributed by atoms with Crippen LogP contribution in [-0.4, -0.2) is 56.2 Å². The number of anilines is 1. The van der Waals surface area contributed by atoms with Gasteiger partial charge < -0.3 is 9.80 Å². The van der Waals surface area contributed by atoms with E-state index in [-0.39, 0.29) is 22.6 Å². The summed E-state index contributed by atoms with van der Waals surface area (Å²) >= 11 is 0. The lowest BCUT2D eigenvalue weighted by molar-refractivity contribution is -0.136. The van der Waals surface area contributed by atoms with Crippen molar-refractivity contribution in [1.29, 1.82) is 0 Å². The van der Waals surface area contributed by atoms with E-state index < -0.39 is 15.8 Å². The Morgan fingerprint density at radius 1 is 0.794 bits per heavy atom. The van der Waals surface area contributed by atoms with Gasteiger partial charge in [0.05, 0.1) is 4.90 Å². The number of carbonyl (C=O) groups excluding carboxylic acids is 2. The van der Waals surface area contributed by atoms with Crippen molar-refractivity contribution < 1.29 is 22.4 Å². The number of halogens is 1. The van der Waals surface area contributed by atoms with Crippen LogP contribution in [-0.2, 0) is 14.8 Å². The van der Waals surface area contributed by atoms with Crippen LogP contribution in [0.3, 0.4) is 0 Å². The van der Waals surface area contributed by atoms with E-state index >= 15 is 0 Å². The zero-order valence-corrected chi connectivity index (χ0v) is 19.9. The van der Waals surface area contributed by atoms with E-state index in [0.717, 1.165) is 38.1 Å². The van der Waals surface area contributed by atoms with Gasteiger partial charge in [0, 0.05) is 43.3 Å². The van der Waals surface area contributed by atoms with Crippen LogP contribution in [0.25, 0.3) is 0 Å². The molecule has 0 unspecified atom stereocenters. The molecular weight excluding hydrogens is 457 g/mol. The van der Waals surface area contributed by atoms with Crippen molar-refractivity contribution in [3.63, 3.8) is 0 Å². The Morgan fingerprint density at radius 2 is 1.38 bits per heavy atom. The quantitative estimate of drug-likeness (QED) is 0.694. The molecule has 2 aromatic rings. The van der Waals surface area contributed by atoms with Gasteiger partial charge in [-0.15, -0.1) is 0 Å². The Kier molecular flexibility index (Phi) is 7.50. The lowest BCUT2D eigenvalue weighted by atomic mass is 9.94. The number of amides is 2. The first-order chi connectivity index (χ1) is 16.3. The lowest BCUT2D eigenvalue weighted by Gasteiger charge is -2.34. The minimum atomic E-state index is -3.86. The molecule has 0 atom stereocenters. The molecule has 9 heteroatoms. The van der Waals surface area contributed by atoms with E-state index in [1.807, 2.05) is 4.90 Å². The van der Waals surface area contributed by atoms with Crippen molar-refractivity contribution in [2.24, 2.45) is 5.92 Å². The largest absolute Gasteiger partial charge is 0.342 e. The third-order valence-electron chi connectivity index (χ3n) is 6.56. The number of likely N-dealkylation sites (tertiary alicyclic amines) is 2. The standard InChI is InChI=1S/C25H30FN3O4S/c26-21-7-11-23(12-8-21)34(32,33)27-22-9-5-19(6-10-22)24(30)29-17-13-20(14-18-29)25(31)28-15-3-1-2-4-16-28/h5-12,20,27H,1-4,13-18H2. The molecule has 2 aliphatic heterocycles. The second-order valence-corrected chi connectivity index (χ2v) is 10.6. The van der Waals surface area contributed by atoms with Crippen LogP contribution in [0, 0.1) is 11.7 Å². The highest BCUT2D eigenvalue weighted by Gasteiger charge is 2.30. The van der Waals surface area contributed by atoms with Crippen molar-refractivity contribution in [1.82, 2.24) is 9.80 Å². The van der Waals surface area contributed by atoms with Gasteiger partial charge in [-0.1, -0.05) is 12.8 Å². The van der Waals surface area contributed by atoms with Crippen LogP contribution in [0.5, 0.6) is 0 Å². The molecule has 0 aliphatic carbocycles. The predicted molar refractivity (Wildman–Crippen MR) is 127 cm³/mol. The molecule has 2 heterocycles. The number of hydrogen-bond acceptors (Lipinski definition) is 4. The van der Waals surface area contributed by atoms with Crippen LogP contribution < -0.4 is 4.72 Å². The highest BCUT2D eigenvalue weighted by molar-refractivity contribution is 7.92. The molecule has 7 nitrogen and oxygen atoms in total. The van der Waals surface area contributed by atoms with Crippen molar-refractivity contribution in [3.8, 4) is 0 Å². The summed E-state index contributed by atoms with van der Waals surface area (Å²) in [7, 11) is -3.86. The Balaban J connectivity index is 1.32. The molecule has 0 saturated carbocycles. The van der Waals surface area contributed by atoms with E-state index in [1.54, 1.807) is 17.0 Å². The minimum Gasteiger partial charge on any atom is -0.342 e. The first-order valence-electron chi connectivity index (χ1n) is 11.8. The summed E-state index contributed by atoms with van der Waals surface area (Å²) in [5, 5.41) is 0. The first-order valence-corrected chi connectivity index (χ1v) is 13.3. The van der Waals surface area contributed by atoms with E-state index in [9.17, 15) is 22.4 Å². The molecule has 182 valence electrons. The summed E-state index contributed by atoms with van der Waals surface area (Å²) in [6, 6.07) is 10.8. The van der Waals surface area contributed by atoms with E-state index in [0.29, 0.717) is 37.2 Å². The Hall–Kier alpha value is -2.94. The maximum Gasteiger partial charge on any atom is 0.261 e. The summed E-state index contributed by atoms with van der Waals surface area (Å²) < 4.78 is 40.4. The fourth-order valence-corrected chi connectivity index (χ4v) is 5.63. The van der Waals surface area contributed by atoms with Gasteiger partial charge in [0.1, 0.15) is 5.82 Å². The highest BCUT2D eigenvalue weighted by atomic mass is 32.2. The summed E-state index contributed by atoms with van der Waals surface area (Å²) in [5.74, 6) is -0.442. The zero-order valence-electron chi connectivity index (χ0n) is 19.1. The molecule has 2 fully saturated rings. The van der Waals surface area contributed by atoms with Gasteiger partial charge >= 0.3 is 0 Å². The first kappa shape index (κ1) is 24.2. The van der Waals surface area contributed by atoms with Crippen LogP contribution >= 0.6 is 0 Å². The molecule has 2 saturated heterocycles. The van der Waals surface area contributed by atoms with E-state index in [4.69, 9.17) is 0 Å². The third-order valence-corrected chi connectivity index (χ3v) is 7.95. The van der Waals surface area contributed by atoms with Gasteiger partial charge in [0.25, 0.3) is 15.9 Å². The van der Waals surface area contributed by atoms with E-state index in [2.05, 4.69) is 4.72 Å². The third kappa shape index (κ3) is 5.75. The highest BCUT2D eigenvalue weighted by Crippen LogP contribution is 2.24. The smallest absolute Gasteiger partial charge is 0.261 e. The van der Waals surface area contributed by atoms with Gasteiger partial charge in [0.2, 0.25) is 5.91 Å². The van der Waals surface area contributed by atoms with Gasteiger partial charge in [-0.2, -0.15) is 0 Å². The summed E-state index contributed by atoms with van der Waals surface area (Å²) in [5.41, 5.74) is 0.768. The summed E-state index contributed by atoms with van der Waals surface area (Å²) in [6.45, 7) is 2.74. The van der Waals surface area contributed by atoms with Crippen LogP contribution in [0.4, 0.5) is 10.1 Å². The second kappa shape index (κ2) is 10.5. The molecule has 2 aliphatic rings. The second-order valence-electron chi connectivity index (χ2n) is 8.94. The van der Waals surface area contributed by atoms with E-state index in [1.165, 1.54) is 37.1 Å². The SMILES string of the molecule is O=C(c1ccc(NS(=O)(=O)c2ccc(F)cc2)cc1)N1CCC(C(=O)N2CCCCCC2)CC1. The molecule has 0 spiro atoms. The average Bonchev–Trinajstić information content (AvgIpc) is 3.13. The number of rotatable bonds is 5. The monoisotopic (exact) mass is 487 g/mol. The van der Waals surface area contributed by atoms with Crippen LogP contribution in [0.2, 0.25) is 0 Å². The number of piperidine rings is 1. The molecule has 0 bridgehead atoms. The molecule has 0 radical (unpaired) electrons.